The molecule has 0 saturated carbocycles. The molecule has 2 aromatic rings. The predicted molar refractivity (Wildman–Crippen MR) is 120 cm³/mol. The fourth-order valence-corrected chi connectivity index (χ4v) is 5.46. The molecule has 172 valence electrons. The van der Waals surface area contributed by atoms with E-state index in [1.807, 2.05) is 12.1 Å². The van der Waals surface area contributed by atoms with Gasteiger partial charge < -0.3 is 10.2 Å². The average molecular weight is 443 g/mol. The summed E-state index contributed by atoms with van der Waals surface area (Å²) in [5, 5.41) is 10.8. The van der Waals surface area contributed by atoms with Gasteiger partial charge in [-0.2, -0.15) is 5.10 Å². The van der Waals surface area contributed by atoms with E-state index < -0.39 is 6.03 Å². The standard InChI is InChI=1S/C23H31FN6O2/c1-28-21-18(22(27-28)30-13-8-19(31)26-23(30)32)3-2-17(20(21)24)16-6-11-29(12-7-16)14-15-4-9-25-10-5-15/h2-3,15-16,25H,4-14H2,1H3,(H,26,31,32). The third kappa shape index (κ3) is 3.99. The summed E-state index contributed by atoms with van der Waals surface area (Å²) in [5.74, 6) is 0.823. The van der Waals surface area contributed by atoms with Crippen molar-refractivity contribution in [2.45, 2.75) is 38.0 Å². The molecule has 8 nitrogen and oxygen atoms in total. The molecule has 0 aliphatic carbocycles. The molecule has 3 aliphatic heterocycles. The molecule has 0 bridgehead atoms. The summed E-state index contributed by atoms with van der Waals surface area (Å²) >= 11 is 0. The molecule has 0 atom stereocenters. The van der Waals surface area contributed by atoms with Crippen molar-refractivity contribution >= 4 is 28.7 Å². The Labute approximate surface area is 187 Å². The molecule has 9 heteroatoms. The first kappa shape index (κ1) is 21.3. The molecular weight excluding hydrogens is 411 g/mol. The lowest BCUT2D eigenvalue weighted by atomic mass is 9.87. The molecule has 3 fully saturated rings. The minimum atomic E-state index is -0.508. The topological polar surface area (TPSA) is 82.5 Å². The van der Waals surface area contributed by atoms with Crippen molar-refractivity contribution in [3.63, 3.8) is 0 Å². The lowest BCUT2D eigenvalue weighted by Crippen LogP contribution is -2.49. The quantitative estimate of drug-likeness (QED) is 0.760. The zero-order valence-electron chi connectivity index (χ0n) is 18.6. The van der Waals surface area contributed by atoms with Gasteiger partial charge in [0.1, 0.15) is 5.52 Å². The molecule has 4 heterocycles. The van der Waals surface area contributed by atoms with Crippen LogP contribution in [0.3, 0.4) is 0 Å². The molecule has 1 aromatic carbocycles. The number of nitrogens with one attached hydrogen (secondary N) is 2. The maximum atomic E-state index is 15.7. The average Bonchev–Trinajstić information content (AvgIpc) is 3.12. The van der Waals surface area contributed by atoms with Crippen LogP contribution in [0.5, 0.6) is 0 Å². The number of anilines is 1. The van der Waals surface area contributed by atoms with E-state index >= 15 is 4.39 Å². The number of imide groups is 1. The number of piperidine rings is 2. The van der Waals surface area contributed by atoms with E-state index in [9.17, 15) is 9.59 Å². The zero-order chi connectivity index (χ0) is 22.2. The molecule has 2 N–H and O–H groups in total. The first-order valence-corrected chi connectivity index (χ1v) is 11.7. The van der Waals surface area contributed by atoms with Crippen LogP contribution in [0.25, 0.3) is 10.9 Å². The van der Waals surface area contributed by atoms with Crippen LogP contribution in [-0.4, -0.2) is 65.9 Å². The zero-order valence-corrected chi connectivity index (χ0v) is 18.6. The molecule has 3 saturated heterocycles. The van der Waals surface area contributed by atoms with E-state index in [0.717, 1.165) is 57.0 Å². The van der Waals surface area contributed by atoms with Crippen molar-refractivity contribution in [1.82, 2.24) is 25.3 Å². The smallest absolute Gasteiger partial charge is 0.317 e. The van der Waals surface area contributed by atoms with Gasteiger partial charge in [0.25, 0.3) is 0 Å². The van der Waals surface area contributed by atoms with E-state index in [2.05, 4.69) is 20.6 Å². The molecule has 0 unspecified atom stereocenters. The molecule has 5 rings (SSSR count). The van der Waals surface area contributed by atoms with Gasteiger partial charge in [0, 0.05) is 31.9 Å². The fourth-order valence-electron chi connectivity index (χ4n) is 5.46. The number of carbonyl (C=O) groups excluding carboxylic acids is 2. The van der Waals surface area contributed by atoms with Crippen LogP contribution in [0.4, 0.5) is 15.0 Å². The number of urea groups is 1. The van der Waals surface area contributed by atoms with Crippen LogP contribution in [0.2, 0.25) is 0 Å². The molecule has 0 spiro atoms. The minimum Gasteiger partial charge on any atom is -0.317 e. The number of benzene rings is 1. The van der Waals surface area contributed by atoms with Crippen LogP contribution in [0.1, 0.15) is 43.6 Å². The van der Waals surface area contributed by atoms with E-state index in [1.165, 1.54) is 22.4 Å². The Kier molecular flexibility index (Phi) is 5.86. The number of carbonyl (C=O) groups is 2. The molecular formula is C23H31FN6O2. The predicted octanol–water partition coefficient (Wildman–Crippen LogP) is 2.34. The van der Waals surface area contributed by atoms with Crippen LogP contribution in [-0.2, 0) is 11.8 Å². The van der Waals surface area contributed by atoms with Crippen LogP contribution >= 0.6 is 0 Å². The summed E-state index contributed by atoms with van der Waals surface area (Å²) in [6.45, 7) is 5.65. The van der Waals surface area contributed by atoms with Gasteiger partial charge in [-0.05, 0) is 75.3 Å². The number of halogens is 1. The summed E-state index contributed by atoms with van der Waals surface area (Å²) in [6.07, 6.45) is 4.61. The summed E-state index contributed by atoms with van der Waals surface area (Å²) in [7, 11) is 1.70. The Hall–Kier alpha value is -2.52. The second kappa shape index (κ2) is 8.78. The van der Waals surface area contributed by atoms with Gasteiger partial charge >= 0.3 is 6.03 Å². The van der Waals surface area contributed by atoms with E-state index in [0.29, 0.717) is 16.7 Å². The van der Waals surface area contributed by atoms with Gasteiger partial charge in [-0.15, -0.1) is 0 Å². The van der Waals surface area contributed by atoms with Crippen LogP contribution in [0, 0.1) is 11.7 Å². The highest BCUT2D eigenvalue weighted by atomic mass is 19.1. The molecule has 0 radical (unpaired) electrons. The lowest BCUT2D eigenvalue weighted by Gasteiger charge is -2.35. The van der Waals surface area contributed by atoms with Crippen molar-refractivity contribution in [2.75, 3.05) is 44.2 Å². The van der Waals surface area contributed by atoms with Crippen molar-refractivity contribution in [3.05, 3.63) is 23.5 Å². The van der Waals surface area contributed by atoms with Gasteiger partial charge in [0.05, 0.1) is 0 Å². The Morgan fingerprint density at radius 1 is 1.09 bits per heavy atom. The van der Waals surface area contributed by atoms with Gasteiger partial charge in [-0.1, -0.05) is 6.07 Å². The van der Waals surface area contributed by atoms with Crippen molar-refractivity contribution < 1.29 is 14.0 Å². The Bertz CT molecular complexity index is 1020. The third-order valence-electron chi connectivity index (χ3n) is 7.27. The van der Waals surface area contributed by atoms with Gasteiger partial charge in [0.2, 0.25) is 5.91 Å². The lowest BCUT2D eigenvalue weighted by molar-refractivity contribution is -0.120. The molecule has 32 heavy (non-hydrogen) atoms. The molecule has 3 aliphatic rings. The Balaban J connectivity index is 1.32. The number of likely N-dealkylation sites (tertiary alicyclic amines) is 1. The molecule has 3 amide bonds. The first-order chi connectivity index (χ1) is 15.5. The largest absolute Gasteiger partial charge is 0.329 e. The van der Waals surface area contributed by atoms with Gasteiger partial charge in [-0.3, -0.25) is 19.7 Å². The maximum Gasteiger partial charge on any atom is 0.329 e. The van der Waals surface area contributed by atoms with Gasteiger partial charge in [-0.25, -0.2) is 9.18 Å². The number of nitrogens with zero attached hydrogens (tertiary/aromatic N) is 4. The second-order valence-corrected chi connectivity index (χ2v) is 9.34. The first-order valence-electron chi connectivity index (χ1n) is 11.7. The highest BCUT2D eigenvalue weighted by Crippen LogP contribution is 2.36. The minimum absolute atomic E-state index is 0.193. The fraction of sp³-hybridized carbons (Fsp3) is 0.609. The monoisotopic (exact) mass is 442 g/mol. The van der Waals surface area contributed by atoms with E-state index in [4.69, 9.17) is 0 Å². The normalized spacial score (nSPS) is 22.0. The van der Waals surface area contributed by atoms with Crippen LogP contribution in [0.15, 0.2) is 12.1 Å². The van der Waals surface area contributed by atoms with E-state index in [1.54, 1.807) is 7.05 Å². The number of fused-ring (bicyclic) bond motifs is 1. The van der Waals surface area contributed by atoms with Crippen molar-refractivity contribution in [3.8, 4) is 0 Å². The number of hydrogen-bond acceptors (Lipinski definition) is 5. The maximum absolute atomic E-state index is 15.7. The second-order valence-electron chi connectivity index (χ2n) is 9.34. The van der Waals surface area contributed by atoms with E-state index in [-0.39, 0.29) is 30.6 Å². The summed E-state index contributed by atoms with van der Waals surface area (Å²) in [6, 6.07) is 3.23. The van der Waals surface area contributed by atoms with Gasteiger partial charge in [0.15, 0.2) is 11.6 Å². The number of hydrogen-bond donors (Lipinski definition) is 2. The van der Waals surface area contributed by atoms with Crippen LogP contribution < -0.4 is 15.5 Å². The van der Waals surface area contributed by atoms with Crippen molar-refractivity contribution in [2.24, 2.45) is 13.0 Å². The highest BCUT2D eigenvalue weighted by molar-refractivity contribution is 6.08. The number of rotatable bonds is 4. The number of amides is 3. The molecule has 1 aromatic heterocycles. The summed E-state index contributed by atoms with van der Waals surface area (Å²) < 4.78 is 17.2. The number of aryl methyl sites for hydroxylation is 1. The Morgan fingerprint density at radius 2 is 1.84 bits per heavy atom. The highest BCUT2D eigenvalue weighted by Gasteiger charge is 2.31. The SMILES string of the molecule is Cn1nc(N2CCC(=O)NC2=O)c2ccc(C3CCN(CC4CCNCC4)CC3)c(F)c21. The third-order valence-corrected chi connectivity index (χ3v) is 7.27. The Morgan fingerprint density at radius 3 is 2.56 bits per heavy atom. The summed E-state index contributed by atoms with van der Waals surface area (Å²) in [4.78, 5) is 27.7. The number of aromatic nitrogens is 2. The van der Waals surface area contributed by atoms with Crippen molar-refractivity contribution in [1.29, 1.82) is 0 Å². The summed E-state index contributed by atoms with van der Waals surface area (Å²) in [5.41, 5.74) is 1.16.